The number of aryl methyl sites for hydroxylation is 2. The smallest absolute Gasteiger partial charge is 0.158 e. The molecule has 0 bridgehead atoms. The fraction of sp³-hybridized carbons (Fsp3) is 0.500. The van der Waals surface area contributed by atoms with E-state index in [-0.39, 0.29) is 5.78 Å². The van der Waals surface area contributed by atoms with Crippen LogP contribution in [0.3, 0.4) is 0 Å². The number of fused-ring (bicyclic) bond motifs is 2. The Labute approximate surface area is 199 Å². The highest BCUT2D eigenvalue weighted by Gasteiger charge is 2.29. The fourth-order valence-electron chi connectivity index (χ4n) is 5.55. The minimum atomic E-state index is 0.264. The first kappa shape index (κ1) is 22.3. The summed E-state index contributed by atoms with van der Waals surface area (Å²) >= 11 is 1.95. The highest BCUT2D eigenvalue weighted by atomic mass is 32.1. The van der Waals surface area contributed by atoms with Gasteiger partial charge in [0, 0.05) is 22.0 Å². The average molecular weight is 464 g/mol. The van der Waals surface area contributed by atoms with E-state index in [4.69, 9.17) is 0 Å². The summed E-state index contributed by atoms with van der Waals surface area (Å²) in [6, 6.07) is 2.22. The van der Waals surface area contributed by atoms with Crippen LogP contribution < -0.4 is 0 Å². The van der Waals surface area contributed by atoms with Crippen LogP contribution in [0, 0.1) is 6.92 Å². The predicted molar refractivity (Wildman–Crippen MR) is 135 cm³/mol. The molecule has 0 unspecified atom stereocenters. The number of Topliss-reactive ketones (excluding diaryl/α,β-unsaturated/α-hetero) is 1. The second-order valence-electron chi connectivity index (χ2n) is 9.76. The lowest BCUT2D eigenvalue weighted by Gasteiger charge is -2.31. The number of hydrogen-bond donors (Lipinski definition) is 1. The zero-order chi connectivity index (χ0) is 23.3. The highest BCUT2D eigenvalue weighted by molar-refractivity contribution is 7.19. The van der Waals surface area contributed by atoms with Gasteiger partial charge in [-0.05, 0) is 80.8 Å². The molecule has 1 N–H and O–H groups in total. The van der Waals surface area contributed by atoms with Crippen molar-refractivity contribution in [3.8, 4) is 11.3 Å². The van der Waals surface area contributed by atoms with Gasteiger partial charge in [0.05, 0.1) is 12.2 Å². The maximum atomic E-state index is 11.5. The van der Waals surface area contributed by atoms with Gasteiger partial charge in [0.2, 0.25) is 0 Å². The predicted octanol–water partition coefficient (Wildman–Crippen LogP) is 5.70. The molecule has 6 nitrogen and oxygen atoms in total. The summed E-state index contributed by atoms with van der Waals surface area (Å²) in [6.45, 7) is 13.3. The molecule has 5 rings (SSSR count). The van der Waals surface area contributed by atoms with Crippen LogP contribution in [0.1, 0.15) is 73.9 Å². The maximum absolute atomic E-state index is 11.5. The van der Waals surface area contributed by atoms with Crippen molar-refractivity contribution in [3.63, 3.8) is 0 Å². The Kier molecular flexibility index (Phi) is 5.87. The van der Waals surface area contributed by atoms with Crippen molar-refractivity contribution in [3.05, 3.63) is 40.2 Å². The van der Waals surface area contributed by atoms with Crippen molar-refractivity contribution < 1.29 is 4.79 Å². The van der Waals surface area contributed by atoms with Crippen LogP contribution in [0.15, 0.2) is 18.6 Å². The van der Waals surface area contributed by atoms with Crippen LogP contribution in [-0.4, -0.2) is 49.9 Å². The van der Waals surface area contributed by atoms with Crippen LogP contribution in [0.25, 0.3) is 27.1 Å². The van der Waals surface area contributed by atoms with Crippen molar-refractivity contribution >= 4 is 33.0 Å². The summed E-state index contributed by atoms with van der Waals surface area (Å²) in [5.74, 6) is 1.26. The van der Waals surface area contributed by atoms with Crippen LogP contribution >= 0.6 is 11.3 Å². The third kappa shape index (κ3) is 3.91. The standard InChI is InChI=1S/C26H33N5OS/c1-6-20-22-21(15(2)3)23(19-11-16(4)25-27-14-28-31(25)13-19)29-26(22)33-24(20)18-7-9-30(10-8-18)12-17(5)32/h11,13-15,18,29H,6-10,12H2,1-5H3. The Morgan fingerprint density at radius 2 is 2.06 bits per heavy atom. The number of nitrogens with zero attached hydrogens (tertiary/aromatic N) is 4. The summed E-state index contributed by atoms with van der Waals surface area (Å²) in [4.78, 5) is 24.9. The topological polar surface area (TPSA) is 66.3 Å². The van der Waals surface area contributed by atoms with Crippen LogP contribution in [-0.2, 0) is 11.2 Å². The number of pyridine rings is 1. The van der Waals surface area contributed by atoms with Gasteiger partial charge in [0.15, 0.2) is 5.65 Å². The number of hydrogen-bond acceptors (Lipinski definition) is 5. The highest BCUT2D eigenvalue weighted by Crippen LogP contribution is 2.46. The Morgan fingerprint density at radius 3 is 2.73 bits per heavy atom. The molecule has 4 aromatic rings. The number of aromatic amines is 1. The van der Waals surface area contributed by atoms with Crippen molar-refractivity contribution in [1.82, 2.24) is 24.5 Å². The summed E-state index contributed by atoms with van der Waals surface area (Å²) in [7, 11) is 0. The fourth-order valence-corrected chi connectivity index (χ4v) is 7.03. The molecule has 0 saturated carbocycles. The molecule has 0 atom stereocenters. The van der Waals surface area contributed by atoms with E-state index in [9.17, 15) is 4.79 Å². The lowest BCUT2D eigenvalue weighted by atomic mass is 9.89. The van der Waals surface area contributed by atoms with Crippen molar-refractivity contribution in [2.75, 3.05) is 19.6 Å². The van der Waals surface area contributed by atoms with Crippen LogP contribution in [0.5, 0.6) is 0 Å². The number of nitrogens with one attached hydrogen (secondary N) is 1. The molecule has 1 aliphatic rings. The molecule has 0 radical (unpaired) electrons. The van der Waals surface area contributed by atoms with Gasteiger partial charge in [-0.15, -0.1) is 11.3 Å². The van der Waals surface area contributed by atoms with Crippen LogP contribution in [0.2, 0.25) is 0 Å². The van der Waals surface area contributed by atoms with Gasteiger partial charge < -0.3 is 4.98 Å². The molecule has 5 heterocycles. The molecule has 33 heavy (non-hydrogen) atoms. The molecule has 174 valence electrons. The van der Waals surface area contributed by atoms with E-state index >= 15 is 0 Å². The molecule has 0 amide bonds. The van der Waals surface area contributed by atoms with Crippen molar-refractivity contribution in [2.45, 2.75) is 65.7 Å². The quantitative estimate of drug-likeness (QED) is 0.398. The molecular weight excluding hydrogens is 430 g/mol. The normalized spacial score (nSPS) is 15.9. The number of rotatable bonds is 6. The van der Waals surface area contributed by atoms with E-state index in [1.807, 2.05) is 15.9 Å². The summed E-state index contributed by atoms with van der Waals surface area (Å²) in [6.07, 6.45) is 7.02. The Morgan fingerprint density at radius 1 is 1.30 bits per heavy atom. The number of piperidine rings is 1. The van der Waals surface area contributed by atoms with Gasteiger partial charge >= 0.3 is 0 Å². The minimum Gasteiger partial charge on any atom is -0.346 e. The van der Waals surface area contributed by atoms with Gasteiger partial charge in [0.25, 0.3) is 0 Å². The van der Waals surface area contributed by atoms with E-state index in [1.54, 1.807) is 18.1 Å². The van der Waals surface area contributed by atoms with Gasteiger partial charge in [-0.1, -0.05) is 20.8 Å². The van der Waals surface area contributed by atoms with Gasteiger partial charge in [-0.3, -0.25) is 9.69 Å². The first-order valence-corrected chi connectivity index (χ1v) is 12.9. The number of likely N-dealkylation sites (tertiary alicyclic amines) is 1. The Bertz CT molecular complexity index is 1320. The van der Waals surface area contributed by atoms with E-state index in [1.165, 1.54) is 32.6 Å². The first-order chi connectivity index (χ1) is 15.9. The number of carbonyl (C=O) groups is 1. The van der Waals surface area contributed by atoms with Gasteiger partial charge in [0.1, 0.15) is 16.9 Å². The third-order valence-corrected chi connectivity index (χ3v) is 8.31. The van der Waals surface area contributed by atoms with Gasteiger partial charge in [-0.25, -0.2) is 9.50 Å². The number of ketones is 1. The molecule has 0 spiro atoms. The summed E-state index contributed by atoms with van der Waals surface area (Å²) < 4.78 is 1.88. The van der Waals surface area contributed by atoms with E-state index in [2.05, 4.69) is 59.9 Å². The SMILES string of the molecule is CCc1c(C2CCN(CC(C)=O)CC2)sc2[nH]c(-c3cc(C)c4ncnn4c3)c(C(C)C)c12. The lowest BCUT2D eigenvalue weighted by molar-refractivity contribution is -0.118. The molecular formula is C26H33N5OS. The average Bonchev–Trinajstić information content (AvgIpc) is 3.46. The largest absolute Gasteiger partial charge is 0.346 e. The molecule has 7 heteroatoms. The molecule has 1 fully saturated rings. The summed E-state index contributed by atoms with van der Waals surface area (Å²) in [5.41, 5.74) is 7.35. The van der Waals surface area contributed by atoms with Crippen LogP contribution in [0.4, 0.5) is 0 Å². The molecule has 4 aromatic heterocycles. The molecule has 1 saturated heterocycles. The molecule has 0 aliphatic carbocycles. The Balaban J connectivity index is 1.57. The first-order valence-electron chi connectivity index (χ1n) is 12.1. The number of H-pyrrole nitrogens is 1. The van der Waals surface area contributed by atoms with Crippen molar-refractivity contribution in [2.24, 2.45) is 0 Å². The van der Waals surface area contributed by atoms with Gasteiger partial charge in [-0.2, -0.15) is 5.10 Å². The maximum Gasteiger partial charge on any atom is 0.158 e. The minimum absolute atomic E-state index is 0.264. The number of aromatic nitrogens is 4. The lowest BCUT2D eigenvalue weighted by Crippen LogP contribution is -2.36. The number of thiophene rings is 1. The summed E-state index contributed by atoms with van der Waals surface area (Å²) in [5, 5.41) is 5.82. The zero-order valence-corrected chi connectivity index (χ0v) is 21.1. The molecule has 1 aliphatic heterocycles. The second kappa shape index (κ2) is 8.69. The third-order valence-electron chi connectivity index (χ3n) is 7.00. The van der Waals surface area contributed by atoms with Crippen molar-refractivity contribution in [1.29, 1.82) is 0 Å². The second-order valence-corrected chi connectivity index (χ2v) is 10.8. The zero-order valence-electron chi connectivity index (χ0n) is 20.2. The monoisotopic (exact) mass is 463 g/mol. The Hall–Kier alpha value is -2.51. The van der Waals surface area contributed by atoms with E-state index < -0.39 is 0 Å². The van der Waals surface area contributed by atoms with E-state index in [0.717, 1.165) is 43.6 Å². The van der Waals surface area contributed by atoms with E-state index in [0.29, 0.717) is 18.4 Å². The molecule has 0 aromatic carbocycles. The number of carbonyl (C=O) groups excluding carboxylic acids is 1.